The standard InChI is InChI=1S/C25H25F3N2O6.C14H20ClNO2.C3H8NO5P/c1-5-16-6-7-17(20(12-16)36-15(2)23(32)34-4)14-35-19-10-8-18(9-11-19)30-22(31)13-21(25(26,27)28)29(3)24(30)33;1-4-12-8-6-7-11(3)14(12)16(10-18-5-2)13(17)9-15;5-3(6)1-4-2-10(7,8)9/h6-13,15H,5,14H2,1-4H3;6-8H,4-5,9-10H2,1-3H3;4H,1-2H2,(H,5,6)(H2,7,8,9). The van der Waals surface area contributed by atoms with Crippen LogP contribution in [0.5, 0.6) is 11.5 Å². The third-order valence-electron chi connectivity index (χ3n) is 8.88. The minimum atomic E-state index is -4.84. The molecule has 0 aliphatic rings. The average Bonchev–Trinajstić information content (AvgIpc) is 3.24. The third kappa shape index (κ3) is 16.9. The van der Waals surface area contributed by atoms with E-state index in [0.717, 1.165) is 42.3 Å². The summed E-state index contributed by atoms with van der Waals surface area (Å²) in [5, 5.41) is 10.1. The minimum Gasteiger partial charge on any atom is -0.489 e. The van der Waals surface area contributed by atoms with Crippen LogP contribution in [0.4, 0.5) is 18.9 Å². The van der Waals surface area contributed by atoms with Crippen LogP contribution in [0, 0.1) is 6.92 Å². The van der Waals surface area contributed by atoms with Crippen molar-refractivity contribution in [3.63, 3.8) is 0 Å². The third-order valence-corrected chi connectivity index (χ3v) is 9.75. The van der Waals surface area contributed by atoms with Gasteiger partial charge in [-0.15, -0.1) is 11.6 Å². The van der Waals surface area contributed by atoms with Crippen molar-refractivity contribution in [1.82, 2.24) is 14.5 Å². The molecule has 0 saturated heterocycles. The van der Waals surface area contributed by atoms with E-state index < -0.39 is 61.6 Å². The van der Waals surface area contributed by atoms with Gasteiger partial charge in [0.05, 0.1) is 31.3 Å². The Hall–Kier alpha value is -5.50. The molecule has 4 aromatic rings. The van der Waals surface area contributed by atoms with Crippen LogP contribution >= 0.6 is 19.2 Å². The second-order valence-corrected chi connectivity index (χ2v) is 15.5. The Balaban J connectivity index is 0.000000415. The number of aliphatic carboxylic acids is 1. The SMILES string of the molecule is CCOCN(C(=O)CCl)c1c(C)cccc1CC.CCc1ccc(COc2ccc(-n3c(=O)cc(C(F)(F)F)n(C)c3=O)cc2)c(OC(C)C(=O)OC)c1.O=C(O)CNCP(=O)(O)O. The number of nitrogens with zero attached hydrogens (tertiary/aromatic N) is 3. The zero-order valence-corrected chi connectivity index (χ0v) is 38.0. The van der Waals surface area contributed by atoms with Gasteiger partial charge in [0.1, 0.15) is 36.4 Å². The highest BCUT2D eigenvalue weighted by molar-refractivity contribution is 7.51. The van der Waals surface area contributed by atoms with Gasteiger partial charge in [0.25, 0.3) is 5.56 Å². The van der Waals surface area contributed by atoms with Gasteiger partial charge in [-0.05, 0) is 80.6 Å². The summed E-state index contributed by atoms with van der Waals surface area (Å²) >= 11 is 5.68. The Morgan fingerprint density at radius 3 is 2.16 bits per heavy atom. The number of alkyl halides is 4. The first kappa shape index (κ1) is 54.6. The summed E-state index contributed by atoms with van der Waals surface area (Å²) in [7, 11) is -1.88. The maximum atomic E-state index is 13.1. The second-order valence-electron chi connectivity index (χ2n) is 13.6. The molecule has 0 bridgehead atoms. The lowest BCUT2D eigenvalue weighted by atomic mass is 10.0. The van der Waals surface area contributed by atoms with Crippen LogP contribution in [0.25, 0.3) is 5.69 Å². The molecule has 22 heteroatoms. The van der Waals surface area contributed by atoms with Crippen molar-refractivity contribution in [3.8, 4) is 17.2 Å². The number of para-hydroxylation sites is 1. The number of amides is 1. The van der Waals surface area contributed by atoms with E-state index in [1.54, 1.807) is 11.8 Å². The molecule has 0 aliphatic carbocycles. The van der Waals surface area contributed by atoms with Crippen molar-refractivity contribution >= 4 is 42.7 Å². The molecule has 64 heavy (non-hydrogen) atoms. The number of esters is 1. The van der Waals surface area contributed by atoms with Crippen molar-refractivity contribution < 1.29 is 66.0 Å². The Morgan fingerprint density at radius 1 is 0.969 bits per heavy atom. The number of carbonyl (C=O) groups excluding carboxylic acids is 2. The summed E-state index contributed by atoms with van der Waals surface area (Å²) in [6.45, 7) is 9.98. The Morgan fingerprint density at radius 2 is 1.62 bits per heavy atom. The van der Waals surface area contributed by atoms with E-state index >= 15 is 0 Å². The highest BCUT2D eigenvalue weighted by atomic mass is 35.5. The maximum Gasteiger partial charge on any atom is 0.431 e. The molecule has 1 amide bonds. The number of methoxy groups -OCH3 is 1. The predicted molar refractivity (Wildman–Crippen MR) is 232 cm³/mol. The van der Waals surface area contributed by atoms with E-state index in [1.165, 1.54) is 31.4 Å². The van der Waals surface area contributed by atoms with Crippen LogP contribution in [0.2, 0.25) is 0 Å². The smallest absolute Gasteiger partial charge is 0.431 e. The highest BCUT2D eigenvalue weighted by Gasteiger charge is 2.35. The predicted octanol–water partition coefficient (Wildman–Crippen LogP) is 5.56. The van der Waals surface area contributed by atoms with Gasteiger partial charge >= 0.3 is 31.4 Å². The van der Waals surface area contributed by atoms with E-state index in [0.29, 0.717) is 38.9 Å². The average molecular weight is 945 g/mol. The molecule has 17 nitrogen and oxygen atoms in total. The number of aryl methyl sites for hydroxylation is 3. The van der Waals surface area contributed by atoms with Crippen LogP contribution < -0.4 is 30.9 Å². The fourth-order valence-corrected chi connectivity index (χ4v) is 6.20. The molecule has 4 rings (SSSR count). The van der Waals surface area contributed by atoms with Gasteiger partial charge in [0, 0.05) is 25.3 Å². The molecule has 4 N–H and O–H groups in total. The first-order valence-electron chi connectivity index (χ1n) is 19.5. The van der Waals surface area contributed by atoms with Gasteiger partial charge in [0.2, 0.25) is 5.91 Å². The number of carboxylic acids is 1. The van der Waals surface area contributed by atoms with Crippen LogP contribution in [0.15, 0.2) is 76.3 Å². The first-order chi connectivity index (χ1) is 30.0. The van der Waals surface area contributed by atoms with Gasteiger partial charge in [-0.3, -0.25) is 33.7 Å². The van der Waals surface area contributed by atoms with E-state index in [9.17, 15) is 41.7 Å². The summed E-state index contributed by atoms with van der Waals surface area (Å²) in [4.78, 5) is 76.2. The zero-order chi connectivity index (χ0) is 48.4. The topological polar surface area (TPSA) is 225 Å². The fraction of sp³-hybridized carbons (Fsp3) is 0.405. The maximum absolute atomic E-state index is 13.1. The van der Waals surface area contributed by atoms with Crippen molar-refractivity contribution in [1.29, 1.82) is 0 Å². The summed E-state index contributed by atoms with van der Waals surface area (Å²) in [6.07, 6.45) is -4.64. The Bertz CT molecular complexity index is 2350. The van der Waals surface area contributed by atoms with Crippen molar-refractivity contribution in [2.24, 2.45) is 7.05 Å². The Kier molecular flexibility index (Phi) is 21.9. The lowest BCUT2D eigenvalue weighted by Gasteiger charge is -2.25. The number of benzene rings is 3. The normalized spacial score (nSPS) is 11.6. The number of anilines is 1. The molecule has 0 aliphatic heterocycles. The van der Waals surface area contributed by atoms with Gasteiger partial charge in [-0.1, -0.05) is 44.2 Å². The molecule has 0 fully saturated rings. The van der Waals surface area contributed by atoms with E-state index in [2.05, 4.69) is 12.2 Å². The lowest BCUT2D eigenvalue weighted by molar-refractivity contribution is -0.148. The molecular weight excluding hydrogens is 892 g/mol. The summed E-state index contributed by atoms with van der Waals surface area (Å²) in [5.74, 6) is -0.998. The number of rotatable bonds is 18. The number of hydrogen-bond donors (Lipinski definition) is 4. The largest absolute Gasteiger partial charge is 0.489 e. The zero-order valence-electron chi connectivity index (χ0n) is 36.3. The molecule has 0 radical (unpaired) electrons. The van der Waals surface area contributed by atoms with Crippen LogP contribution in [0.3, 0.4) is 0 Å². The Labute approximate surface area is 372 Å². The highest BCUT2D eigenvalue weighted by Crippen LogP contribution is 2.32. The van der Waals surface area contributed by atoms with Crippen LogP contribution in [0.1, 0.15) is 55.6 Å². The van der Waals surface area contributed by atoms with E-state index in [1.807, 2.05) is 57.2 Å². The summed E-state index contributed by atoms with van der Waals surface area (Å²) < 4.78 is 71.9. The quantitative estimate of drug-likeness (QED) is 0.0415. The molecule has 1 heterocycles. The lowest BCUT2D eigenvalue weighted by Crippen LogP contribution is -2.40. The number of halogens is 4. The number of carboxylic acid groups (broad SMARTS) is 1. The molecule has 1 aromatic heterocycles. The van der Waals surface area contributed by atoms with E-state index in [-0.39, 0.29) is 30.8 Å². The second kappa shape index (κ2) is 25.7. The van der Waals surface area contributed by atoms with Gasteiger partial charge < -0.3 is 33.8 Å². The number of nitrogens with one attached hydrogen (secondary N) is 1. The number of hydrogen-bond acceptors (Lipinski definition) is 11. The molecule has 1 atom stereocenters. The first-order valence-corrected chi connectivity index (χ1v) is 21.9. The molecular formula is C42H53ClF3N4O13P. The van der Waals surface area contributed by atoms with Crippen molar-refractivity contribution in [2.75, 3.05) is 44.1 Å². The summed E-state index contributed by atoms with van der Waals surface area (Å²) in [6, 6.07) is 17.7. The van der Waals surface area contributed by atoms with Gasteiger partial charge in [0.15, 0.2) is 6.10 Å². The van der Waals surface area contributed by atoms with Crippen LogP contribution in [-0.2, 0) is 61.1 Å². The van der Waals surface area contributed by atoms with Crippen molar-refractivity contribution in [2.45, 2.75) is 66.3 Å². The van der Waals surface area contributed by atoms with E-state index in [4.69, 9.17) is 45.4 Å². The summed E-state index contributed by atoms with van der Waals surface area (Å²) in [5.41, 5.74) is 1.32. The number of ether oxygens (including phenoxy) is 4. The molecule has 352 valence electrons. The van der Waals surface area contributed by atoms with Gasteiger partial charge in [-0.2, -0.15) is 13.2 Å². The molecule has 1 unspecified atom stereocenters. The molecule has 0 spiro atoms. The fourth-order valence-electron chi connectivity index (χ4n) is 5.66. The minimum absolute atomic E-state index is 0.0371. The monoisotopic (exact) mass is 944 g/mol. The van der Waals surface area contributed by atoms with Crippen LogP contribution in [-0.4, -0.2) is 87.1 Å². The van der Waals surface area contributed by atoms with Crippen molar-refractivity contribution in [3.05, 3.63) is 116 Å². The number of aromatic nitrogens is 2. The molecule has 0 saturated carbocycles. The molecule has 3 aromatic carbocycles. The van der Waals surface area contributed by atoms with Gasteiger partial charge in [-0.25, -0.2) is 14.2 Å². The number of carbonyl (C=O) groups is 3.